The Morgan fingerprint density at radius 3 is 2.73 bits per heavy atom. The number of nitrogens with zero attached hydrogens (tertiary/aromatic N) is 2. The van der Waals surface area contributed by atoms with Gasteiger partial charge in [-0.15, -0.1) is 0 Å². The van der Waals surface area contributed by atoms with E-state index in [9.17, 15) is 4.79 Å². The third-order valence-electron chi connectivity index (χ3n) is 3.63. The Morgan fingerprint density at radius 1 is 1.47 bits per heavy atom. The van der Waals surface area contributed by atoms with E-state index in [1.54, 1.807) is 0 Å². The molecule has 2 saturated heterocycles. The molecule has 1 atom stereocenters. The van der Waals surface area contributed by atoms with Gasteiger partial charge in [0.25, 0.3) is 0 Å². The fourth-order valence-corrected chi connectivity index (χ4v) is 2.39. The molecule has 4 nitrogen and oxygen atoms in total. The van der Waals surface area contributed by atoms with E-state index in [-0.39, 0.29) is 5.92 Å². The number of likely N-dealkylation sites (N-methyl/N-ethyl adjacent to an activating group) is 2. The summed E-state index contributed by atoms with van der Waals surface area (Å²) in [7, 11) is 4.10. The van der Waals surface area contributed by atoms with Crippen LogP contribution in [0.15, 0.2) is 0 Å². The van der Waals surface area contributed by atoms with Crippen LogP contribution in [0.5, 0.6) is 0 Å². The van der Waals surface area contributed by atoms with Crippen LogP contribution in [-0.2, 0) is 4.79 Å². The van der Waals surface area contributed by atoms with Gasteiger partial charge in [-0.2, -0.15) is 0 Å². The lowest BCUT2D eigenvalue weighted by Gasteiger charge is -2.39. The predicted molar refractivity (Wildman–Crippen MR) is 59.6 cm³/mol. The number of rotatable bonds is 2. The first-order valence-electron chi connectivity index (χ1n) is 5.84. The summed E-state index contributed by atoms with van der Waals surface area (Å²) >= 11 is 0. The topological polar surface area (TPSA) is 35.6 Å². The standard InChI is InChI=1S/C11H21N3O/c1-13-5-3-4-10(8-13)14(2)11(15)9-6-12-7-9/h9-10,12H,3-8H2,1-2H3. The van der Waals surface area contributed by atoms with Crippen molar-refractivity contribution in [3.63, 3.8) is 0 Å². The first-order valence-corrected chi connectivity index (χ1v) is 5.84. The molecule has 1 unspecified atom stereocenters. The van der Waals surface area contributed by atoms with Crippen molar-refractivity contribution in [3.8, 4) is 0 Å². The largest absolute Gasteiger partial charge is 0.341 e. The number of amides is 1. The van der Waals surface area contributed by atoms with Crippen LogP contribution >= 0.6 is 0 Å². The maximum Gasteiger partial charge on any atom is 0.228 e. The molecular weight excluding hydrogens is 190 g/mol. The maximum atomic E-state index is 12.0. The quantitative estimate of drug-likeness (QED) is 0.684. The van der Waals surface area contributed by atoms with Gasteiger partial charge in [0.15, 0.2) is 0 Å². The van der Waals surface area contributed by atoms with Crippen molar-refractivity contribution in [1.29, 1.82) is 0 Å². The van der Waals surface area contributed by atoms with Gasteiger partial charge in [-0.25, -0.2) is 0 Å². The van der Waals surface area contributed by atoms with Crippen LogP contribution in [-0.4, -0.2) is 62.0 Å². The predicted octanol–water partition coefficient (Wildman–Crippen LogP) is -0.242. The molecule has 4 heteroatoms. The van der Waals surface area contributed by atoms with Gasteiger partial charge in [-0.1, -0.05) is 0 Å². The lowest BCUT2D eigenvalue weighted by molar-refractivity contribution is -0.138. The smallest absolute Gasteiger partial charge is 0.228 e. The lowest BCUT2D eigenvalue weighted by Crippen LogP contribution is -2.55. The fraction of sp³-hybridized carbons (Fsp3) is 0.909. The summed E-state index contributed by atoms with van der Waals surface area (Å²) < 4.78 is 0. The van der Waals surface area contributed by atoms with Gasteiger partial charge in [0, 0.05) is 32.7 Å². The summed E-state index contributed by atoms with van der Waals surface area (Å²) in [5.74, 6) is 0.566. The number of hydrogen-bond acceptors (Lipinski definition) is 3. The first-order chi connectivity index (χ1) is 7.18. The van der Waals surface area contributed by atoms with Gasteiger partial charge >= 0.3 is 0 Å². The van der Waals surface area contributed by atoms with Crippen molar-refractivity contribution in [3.05, 3.63) is 0 Å². The van der Waals surface area contributed by atoms with Gasteiger partial charge in [0.2, 0.25) is 5.91 Å². The Bertz CT molecular complexity index is 240. The molecule has 1 amide bonds. The number of likely N-dealkylation sites (tertiary alicyclic amines) is 1. The van der Waals surface area contributed by atoms with Crippen molar-refractivity contribution in [2.75, 3.05) is 40.3 Å². The van der Waals surface area contributed by atoms with Crippen LogP contribution in [0.1, 0.15) is 12.8 Å². The molecule has 86 valence electrons. The Hall–Kier alpha value is -0.610. The molecule has 2 rings (SSSR count). The Morgan fingerprint density at radius 2 is 2.20 bits per heavy atom. The zero-order valence-corrected chi connectivity index (χ0v) is 9.70. The molecule has 0 spiro atoms. The van der Waals surface area contributed by atoms with Crippen LogP contribution in [0.25, 0.3) is 0 Å². The third kappa shape index (κ3) is 2.32. The molecule has 0 bridgehead atoms. The van der Waals surface area contributed by atoms with Gasteiger partial charge in [-0.05, 0) is 26.4 Å². The summed E-state index contributed by atoms with van der Waals surface area (Å²) in [6, 6.07) is 0.428. The Labute approximate surface area is 91.6 Å². The minimum atomic E-state index is 0.238. The SMILES string of the molecule is CN1CCCC(N(C)C(=O)C2CNC2)C1. The molecule has 0 aliphatic carbocycles. The number of hydrogen-bond donors (Lipinski definition) is 1. The molecule has 2 aliphatic heterocycles. The summed E-state index contributed by atoms with van der Waals surface area (Å²) in [4.78, 5) is 16.3. The fourth-order valence-electron chi connectivity index (χ4n) is 2.39. The van der Waals surface area contributed by atoms with Gasteiger partial charge in [-0.3, -0.25) is 4.79 Å². The third-order valence-corrected chi connectivity index (χ3v) is 3.63. The van der Waals surface area contributed by atoms with E-state index in [0.29, 0.717) is 11.9 Å². The first kappa shape index (κ1) is 10.9. The minimum Gasteiger partial charge on any atom is -0.341 e. The van der Waals surface area contributed by atoms with E-state index < -0.39 is 0 Å². The van der Waals surface area contributed by atoms with E-state index in [1.165, 1.54) is 13.0 Å². The number of nitrogens with one attached hydrogen (secondary N) is 1. The summed E-state index contributed by atoms with van der Waals surface area (Å²) in [6.07, 6.45) is 2.37. The van der Waals surface area contributed by atoms with Gasteiger partial charge in [0.1, 0.15) is 0 Å². The van der Waals surface area contributed by atoms with Crippen LogP contribution in [0, 0.1) is 5.92 Å². The van der Waals surface area contributed by atoms with E-state index in [0.717, 1.165) is 26.1 Å². The second kappa shape index (κ2) is 4.49. The van der Waals surface area contributed by atoms with E-state index in [1.807, 2.05) is 11.9 Å². The summed E-state index contributed by atoms with van der Waals surface area (Å²) in [6.45, 7) is 3.93. The molecule has 1 N–H and O–H groups in total. The average Bonchev–Trinajstić information content (AvgIpc) is 2.14. The zero-order chi connectivity index (χ0) is 10.8. The molecule has 0 aromatic heterocycles. The van der Waals surface area contributed by atoms with Crippen molar-refractivity contribution in [2.24, 2.45) is 5.92 Å². The highest BCUT2D eigenvalue weighted by atomic mass is 16.2. The highest BCUT2D eigenvalue weighted by Crippen LogP contribution is 2.16. The van der Waals surface area contributed by atoms with E-state index in [2.05, 4.69) is 17.3 Å². The Balaban J connectivity index is 1.88. The molecule has 15 heavy (non-hydrogen) atoms. The van der Waals surface area contributed by atoms with Crippen molar-refractivity contribution < 1.29 is 4.79 Å². The van der Waals surface area contributed by atoms with E-state index in [4.69, 9.17) is 0 Å². The van der Waals surface area contributed by atoms with Crippen LogP contribution < -0.4 is 5.32 Å². The monoisotopic (exact) mass is 211 g/mol. The molecule has 2 heterocycles. The maximum absolute atomic E-state index is 12.0. The molecule has 0 saturated carbocycles. The Kier molecular flexibility index (Phi) is 3.26. The van der Waals surface area contributed by atoms with Crippen molar-refractivity contribution in [2.45, 2.75) is 18.9 Å². The number of carbonyl (C=O) groups is 1. The van der Waals surface area contributed by atoms with Crippen molar-refractivity contribution in [1.82, 2.24) is 15.1 Å². The molecule has 2 fully saturated rings. The highest BCUT2D eigenvalue weighted by Gasteiger charge is 2.32. The molecule has 2 aliphatic rings. The minimum absolute atomic E-state index is 0.238. The summed E-state index contributed by atoms with van der Waals surface area (Å²) in [5, 5.41) is 3.15. The number of carbonyl (C=O) groups excluding carboxylic acids is 1. The molecule has 0 aromatic rings. The normalized spacial score (nSPS) is 28.5. The highest BCUT2D eigenvalue weighted by molar-refractivity contribution is 5.80. The van der Waals surface area contributed by atoms with Gasteiger partial charge < -0.3 is 15.1 Å². The molecular formula is C11H21N3O. The zero-order valence-electron chi connectivity index (χ0n) is 9.70. The van der Waals surface area contributed by atoms with Crippen LogP contribution in [0.2, 0.25) is 0 Å². The van der Waals surface area contributed by atoms with Gasteiger partial charge in [0.05, 0.1) is 5.92 Å². The molecule has 0 radical (unpaired) electrons. The second-order valence-corrected chi connectivity index (χ2v) is 4.86. The van der Waals surface area contributed by atoms with E-state index >= 15 is 0 Å². The lowest BCUT2D eigenvalue weighted by atomic mass is 9.98. The summed E-state index contributed by atoms with van der Waals surface area (Å²) in [5.41, 5.74) is 0. The van der Waals surface area contributed by atoms with Crippen LogP contribution in [0.3, 0.4) is 0 Å². The number of piperidine rings is 1. The molecule has 0 aromatic carbocycles. The second-order valence-electron chi connectivity index (χ2n) is 4.86. The van der Waals surface area contributed by atoms with Crippen molar-refractivity contribution >= 4 is 5.91 Å². The van der Waals surface area contributed by atoms with Crippen LogP contribution in [0.4, 0.5) is 0 Å². The average molecular weight is 211 g/mol.